The maximum absolute atomic E-state index is 13.2. The number of aldehydes is 1. The number of hydrogen-bond acceptors (Lipinski definition) is 1. The molecule has 0 amide bonds. The molecular weight excluding hydrogens is 198 g/mol. The van der Waals surface area contributed by atoms with Gasteiger partial charge in [-0.05, 0) is 17.9 Å². The molecule has 0 fully saturated rings. The van der Waals surface area contributed by atoms with Crippen LogP contribution in [0.3, 0.4) is 0 Å². The van der Waals surface area contributed by atoms with Gasteiger partial charge in [0.15, 0.2) is 6.29 Å². The van der Waals surface area contributed by atoms with E-state index in [-0.39, 0.29) is 17.8 Å². The zero-order valence-electron chi connectivity index (χ0n) is 8.84. The van der Waals surface area contributed by atoms with Gasteiger partial charge < -0.3 is 0 Å². The average Bonchev–Trinajstić information content (AvgIpc) is 2.17. The predicted octanol–water partition coefficient (Wildman–Crippen LogP) is 3.18. The Morgan fingerprint density at radius 2 is 1.93 bits per heavy atom. The fourth-order valence-corrected chi connectivity index (χ4v) is 1.53. The highest BCUT2D eigenvalue weighted by atomic mass is 19.3. The quantitative estimate of drug-likeness (QED) is 0.700. The van der Waals surface area contributed by atoms with E-state index in [2.05, 4.69) is 0 Å². The van der Waals surface area contributed by atoms with Crippen molar-refractivity contribution in [1.82, 2.24) is 0 Å². The predicted molar refractivity (Wildman–Crippen MR) is 54.9 cm³/mol. The molecule has 0 N–H and O–H groups in total. The highest BCUT2D eigenvalue weighted by Gasteiger charge is 2.32. The van der Waals surface area contributed by atoms with Crippen molar-refractivity contribution in [1.29, 1.82) is 0 Å². The first-order chi connectivity index (χ1) is 6.97. The van der Waals surface area contributed by atoms with Gasteiger partial charge in [-0.1, -0.05) is 38.1 Å². The first kappa shape index (κ1) is 11.8. The van der Waals surface area contributed by atoms with Crippen LogP contribution in [0.25, 0.3) is 0 Å². The van der Waals surface area contributed by atoms with Crippen LogP contribution >= 0.6 is 0 Å². The molecule has 0 aliphatic heterocycles. The molecule has 0 atom stereocenters. The molecule has 1 aromatic rings. The molecule has 1 nitrogen and oxygen atoms in total. The van der Waals surface area contributed by atoms with Gasteiger partial charge in [0, 0.05) is 5.56 Å². The van der Waals surface area contributed by atoms with Crippen molar-refractivity contribution < 1.29 is 13.6 Å². The molecule has 0 heterocycles. The zero-order valence-corrected chi connectivity index (χ0v) is 8.84. The van der Waals surface area contributed by atoms with Crippen molar-refractivity contribution in [2.75, 3.05) is 0 Å². The highest BCUT2D eigenvalue weighted by Crippen LogP contribution is 2.29. The lowest BCUT2D eigenvalue weighted by atomic mass is 9.95. The van der Waals surface area contributed by atoms with Gasteiger partial charge in [-0.15, -0.1) is 0 Å². The van der Waals surface area contributed by atoms with Gasteiger partial charge in [0.2, 0.25) is 0 Å². The third-order valence-corrected chi connectivity index (χ3v) is 2.15. The Labute approximate surface area is 88.1 Å². The van der Waals surface area contributed by atoms with Crippen molar-refractivity contribution in [2.45, 2.75) is 26.2 Å². The Kier molecular flexibility index (Phi) is 3.56. The summed E-state index contributed by atoms with van der Waals surface area (Å²) in [4.78, 5) is 10.3. The number of benzene rings is 1. The average molecular weight is 212 g/mol. The lowest BCUT2D eigenvalue weighted by molar-refractivity contribution is -0.130. The first-order valence-electron chi connectivity index (χ1n) is 4.90. The Morgan fingerprint density at radius 1 is 1.33 bits per heavy atom. The SMILES string of the molecule is CC(C)Cc1ccccc1C(F)(F)C=O. The molecule has 3 heteroatoms. The third kappa shape index (κ3) is 2.85. The Balaban J connectivity index is 3.11. The van der Waals surface area contributed by atoms with Crippen molar-refractivity contribution in [3.8, 4) is 0 Å². The molecule has 0 unspecified atom stereocenters. The summed E-state index contributed by atoms with van der Waals surface area (Å²) in [6.07, 6.45) is 0.256. The Bertz CT molecular complexity index is 345. The smallest absolute Gasteiger partial charge is 0.296 e. The minimum Gasteiger partial charge on any atom is -0.296 e. The molecule has 0 saturated carbocycles. The zero-order chi connectivity index (χ0) is 11.5. The van der Waals surface area contributed by atoms with Gasteiger partial charge in [-0.2, -0.15) is 8.78 Å². The van der Waals surface area contributed by atoms with Crippen LogP contribution in [0.2, 0.25) is 0 Å². The lowest BCUT2D eigenvalue weighted by Crippen LogP contribution is -2.18. The molecule has 0 aliphatic carbocycles. The van der Waals surface area contributed by atoms with E-state index in [1.807, 2.05) is 13.8 Å². The second kappa shape index (κ2) is 4.51. The van der Waals surface area contributed by atoms with E-state index in [4.69, 9.17) is 0 Å². The summed E-state index contributed by atoms with van der Waals surface area (Å²) >= 11 is 0. The van der Waals surface area contributed by atoms with Crippen molar-refractivity contribution >= 4 is 6.29 Å². The Hall–Kier alpha value is -1.25. The van der Waals surface area contributed by atoms with Crippen LogP contribution in [-0.2, 0) is 17.1 Å². The molecule has 82 valence electrons. The summed E-state index contributed by atoms with van der Waals surface area (Å²) in [5.74, 6) is -3.08. The van der Waals surface area contributed by atoms with E-state index in [0.29, 0.717) is 12.0 Å². The fourth-order valence-electron chi connectivity index (χ4n) is 1.53. The van der Waals surface area contributed by atoms with Gasteiger partial charge >= 0.3 is 5.92 Å². The van der Waals surface area contributed by atoms with Crippen LogP contribution in [0.4, 0.5) is 8.78 Å². The minimum absolute atomic E-state index is 0.172. The normalized spacial score (nSPS) is 11.8. The molecule has 0 bridgehead atoms. The van der Waals surface area contributed by atoms with Crippen LogP contribution in [0.15, 0.2) is 24.3 Å². The Morgan fingerprint density at radius 3 is 2.47 bits per heavy atom. The van der Waals surface area contributed by atoms with E-state index < -0.39 is 5.92 Å². The molecule has 0 saturated heterocycles. The summed E-state index contributed by atoms with van der Waals surface area (Å²) in [5.41, 5.74) is 0.373. The lowest BCUT2D eigenvalue weighted by Gasteiger charge is -2.15. The first-order valence-corrected chi connectivity index (χ1v) is 4.90. The second-order valence-corrected chi connectivity index (χ2v) is 4.00. The van der Waals surface area contributed by atoms with Gasteiger partial charge in [0.05, 0.1) is 0 Å². The van der Waals surface area contributed by atoms with Gasteiger partial charge in [0.1, 0.15) is 0 Å². The molecular formula is C12H14F2O. The second-order valence-electron chi connectivity index (χ2n) is 4.00. The topological polar surface area (TPSA) is 17.1 Å². The van der Waals surface area contributed by atoms with Crippen LogP contribution in [-0.4, -0.2) is 6.29 Å². The van der Waals surface area contributed by atoms with Crippen LogP contribution < -0.4 is 0 Å². The largest absolute Gasteiger partial charge is 0.327 e. The molecule has 0 aliphatic rings. The van der Waals surface area contributed by atoms with Gasteiger partial charge in [0.25, 0.3) is 0 Å². The van der Waals surface area contributed by atoms with E-state index in [1.165, 1.54) is 12.1 Å². The van der Waals surface area contributed by atoms with Gasteiger partial charge in [-0.3, -0.25) is 4.79 Å². The number of alkyl halides is 2. The minimum atomic E-state index is -3.37. The number of rotatable bonds is 4. The maximum Gasteiger partial charge on any atom is 0.327 e. The summed E-state index contributed by atoms with van der Waals surface area (Å²) in [6.45, 7) is 3.91. The number of carbonyl (C=O) groups is 1. The monoisotopic (exact) mass is 212 g/mol. The highest BCUT2D eigenvalue weighted by molar-refractivity contribution is 5.64. The molecule has 15 heavy (non-hydrogen) atoms. The van der Waals surface area contributed by atoms with E-state index in [1.54, 1.807) is 12.1 Å². The fraction of sp³-hybridized carbons (Fsp3) is 0.417. The molecule has 0 radical (unpaired) electrons. The van der Waals surface area contributed by atoms with E-state index in [9.17, 15) is 13.6 Å². The van der Waals surface area contributed by atoms with Crippen molar-refractivity contribution in [3.05, 3.63) is 35.4 Å². The van der Waals surface area contributed by atoms with E-state index in [0.717, 1.165) is 0 Å². The molecule has 0 aromatic heterocycles. The molecule has 1 rings (SSSR count). The van der Waals surface area contributed by atoms with E-state index >= 15 is 0 Å². The van der Waals surface area contributed by atoms with Crippen LogP contribution in [0.1, 0.15) is 25.0 Å². The summed E-state index contributed by atoms with van der Waals surface area (Å²) in [7, 11) is 0. The summed E-state index contributed by atoms with van der Waals surface area (Å²) < 4.78 is 26.5. The number of carbonyl (C=O) groups excluding carboxylic acids is 1. The van der Waals surface area contributed by atoms with Crippen LogP contribution in [0, 0.1) is 5.92 Å². The molecule has 0 spiro atoms. The number of halogens is 2. The summed E-state index contributed by atoms with van der Waals surface area (Å²) in [5, 5.41) is 0. The van der Waals surface area contributed by atoms with Crippen molar-refractivity contribution in [3.63, 3.8) is 0 Å². The molecule has 1 aromatic carbocycles. The third-order valence-electron chi connectivity index (χ3n) is 2.15. The van der Waals surface area contributed by atoms with Crippen LogP contribution in [0.5, 0.6) is 0 Å². The van der Waals surface area contributed by atoms with Gasteiger partial charge in [-0.25, -0.2) is 0 Å². The number of hydrogen-bond donors (Lipinski definition) is 0. The standard InChI is InChI=1S/C12H14F2O/c1-9(2)7-10-5-3-4-6-11(10)12(13,14)8-15/h3-6,8-9H,7H2,1-2H3. The maximum atomic E-state index is 13.2. The summed E-state index contributed by atoms with van der Waals surface area (Å²) in [6, 6.07) is 6.19. The van der Waals surface area contributed by atoms with Crippen molar-refractivity contribution in [2.24, 2.45) is 5.92 Å².